The van der Waals surface area contributed by atoms with Crippen LogP contribution in [0.25, 0.3) is 0 Å². The highest BCUT2D eigenvalue weighted by Crippen LogP contribution is 2.28. The van der Waals surface area contributed by atoms with Crippen molar-refractivity contribution in [2.24, 2.45) is 0 Å². The standard InChI is InChI=1S/C16H15NO2/c1-3-18-14-5-4-6-15(10-14)19-16-9-12(2)7-8-13(16)11-17/h4-10H,3H2,1-2H3. The van der Waals surface area contributed by atoms with Crippen molar-refractivity contribution < 1.29 is 9.47 Å². The van der Waals surface area contributed by atoms with Gasteiger partial charge >= 0.3 is 0 Å². The molecular weight excluding hydrogens is 238 g/mol. The maximum absolute atomic E-state index is 9.07. The Morgan fingerprint density at radius 3 is 2.63 bits per heavy atom. The second kappa shape index (κ2) is 5.92. The minimum absolute atomic E-state index is 0.521. The number of ether oxygens (including phenoxy) is 2. The smallest absolute Gasteiger partial charge is 0.145 e. The first-order chi connectivity index (χ1) is 9.22. The van der Waals surface area contributed by atoms with Crippen LogP contribution in [0.2, 0.25) is 0 Å². The molecule has 3 nitrogen and oxygen atoms in total. The summed E-state index contributed by atoms with van der Waals surface area (Å²) in [6, 6.07) is 15.0. The topological polar surface area (TPSA) is 42.2 Å². The Morgan fingerprint density at radius 1 is 1.11 bits per heavy atom. The Balaban J connectivity index is 2.28. The number of nitriles is 1. The molecule has 0 saturated heterocycles. The van der Waals surface area contributed by atoms with Gasteiger partial charge in [-0.05, 0) is 43.7 Å². The molecule has 2 rings (SSSR count). The normalized spacial score (nSPS) is 9.74. The molecule has 2 aromatic carbocycles. The first kappa shape index (κ1) is 13.0. The molecule has 0 aliphatic rings. The summed E-state index contributed by atoms with van der Waals surface area (Å²) in [6.45, 7) is 4.50. The Morgan fingerprint density at radius 2 is 1.89 bits per heavy atom. The number of nitrogens with zero attached hydrogens (tertiary/aromatic N) is 1. The average Bonchev–Trinajstić information content (AvgIpc) is 2.40. The minimum atomic E-state index is 0.521. The van der Waals surface area contributed by atoms with Crippen LogP contribution in [0.1, 0.15) is 18.1 Å². The molecule has 0 saturated carbocycles. The van der Waals surface area contributed by atoms with Crippen molar-refractivity contribution in [3.63, 3.8) is 0 Å². The van der Waals surface area contributed by atoms with Gasteiger partial charge in [-0.15, -0.1) is 0 Å². The molecule has 0 fully saturated rings. The summed E-state index contributed by atoms with van der Waals surface area (Å²) >= 11 is 0. The molecular formula is C16H15NO2. The SMILES string of the molecule is CCOc1cccc(Oc2cc(C)ccc2C#N)c1. The highest BCUT2D eigenvalue weighted by Gasteiger charge is 2.05. The fourth-order valence-electron chi connectivity index (χ4n) is 1.73. The third-order valence-electron chi connectivity index (χ3n) is 2.60. The highest BCUT2D eigenvalue weighted by atomic mass is 16.5. The molecule has 0 unspecified atom stereocenters. The summed E-state index contributed by atoms with van der Waals surface area (Å²) in [5.74, 6) is 1.98. The predicted molar refractivity (Wildman–Crippen MR) is 73.6 cm³/mol. The van der Waals surface area contributed by atoms with E-state index in [1.165, 1.54) is 0 Å². The molecule has 0 amide bonds. The third-order valence-corrected chi connectivity index (χ3v) is 2.60. The summed E-state index contributed by atoms with van der Waals surface area (Å²) in [7, 11) is 0. The van der Waals surface area contributed by atoms with Gasteiger partial charge in [0.2, 0.25) is 0 Å². The molecule has 3 heteroatoms. The maximum atomic E-state index is 9.07. The van der Waals surface area contributed by atoms with Crippen molar-refractivity contribution in [2.75, 3.05) is 6.61 Å². The molecule has 0 heterocycles. The van der Waals surface area contributed by atoms with Gasteiger partial charge in [-0.3, -0.25) is 0 Å². The van der Waals surface area contributed by atoms with E-state index in [0.717, 1.165) is 11.3 Å². The molecule has 0 radical (unpaired) electrons. The molecule has 0 atom stereocenters. The van der Waals surface area contributed by atoms with Gasteiger partial charge in [-0.1, -0.05) is 12.1 Å². The van der Waals surface area contributed by atoms with Gasteiger partial charge in [0.15, 0.2) is 0 Å². The van der Waals surface area contributed by atoms with Crippen molar-refractivity contribution in [2.45, 2.75) is 13.8 Å². The van der Waals surface area contributed by atoms with E-state index in [0.29, 0.717) is 23.7 Å². The Kier molecular flexibility index (Phi) is 4.04. The van der Waals surface area contributed by atoms with E-state index >= 15 is 0 Å². The fourth-order valence-corrected chi connectivity index (χ4v) is 1.73. The number of hydrogen-bond acceptors (Lipinski definition) is 3. The van der Waals surface area contributed by atoms with Crippen LogP contribution in [0.4, 0.5) is 0 Å². The van der Waals surface area contributed by atoms with Gasteiger partial charge in [0.1, 0.15) is 23.3 Å². The van der Waals surface area contributed by atoms with Gasteiger partial charge in [-0.2, -0.15) is 5.26 Å². The summed E-state index contributed by atoms with van der Waals surface area (Å²) in [6.07, 6.45) is 0. The van der Waals surface area contributed by atoms with Crippen LogP contribution in [0.5, 0.6) is 17.2 Å². The number of rotatable bonds is 4. The third kappa shape index (κ3) is 3.26. The summed E-state index contributed by atoms with van der Waals surface area (Å²) in [4.78, 5) is 0. The molecule has 0 spiro atoms. The maximum Gasteiger partial charge on any atom is 0.145 e. The Hall–Kier alpha value is -2.47. The fraction of sp³-hybridized carbons (Fsp3) is 0.188. The lowest BCUT2D eigenvalue weighted by atomic mass is 10.1. The lowest BCUT2D eigenvalue weighted by Crippen LogP contribution is -1.93. The molecule has 0 aliphatic carbocycles. The zero-order valence-corrected chi connectivity index (χ0v) is 11.0. The van der Waals surface area contributed by atoms with Gasteiger partial charge in [0, 0.05) is 6.07 Å². The van der Waals surface area contributed by atoms with Crippen LogP contribution < -0.4 is 9.47 Å². The second-order valence-electron chi connectivity index (χ2n) is 4.12. The zero-order valence-electron chi connectivity index (χ0n) is 11.0. The van der Waals surface area contributed by atoms with Crippen molar-refractivity contribution in [1.82, 2.24) is 0 Å². The van der Waals surface area contributed by atoms with E-state index in [1.807, 2.05) is 50.2 Å². The molecule has 2 aromatic rings. The highest BCUT2D eigenvalue weighted by molar-refractivity contribution is 5.47. The number of aryl methyl sites for hydroxylation is 1. The molecule has 0 aromatic heterocycles. The van der Waals surface area contributed by atoms with Crippen LogP contribution in [0.3, 0.4) is 0 Å². The van der Waals surface area contributed by atoms with E-state index in [4.69, 9.17) is 14.7 Å². The Labute approximate surface area is 113 Å². The largest absolute Gasteiger partial charge is 0.494 e. The van der Waals surface area contributed by atoms with E-state index in [9.17, 15) is 0 Å². The second-order valence-corrected chi connectivity index (χ2v) is 4.12. The zero-order chi connectivity index (χ0) is 13.7. The number of hydrogen-bond donors (Lipinski definition) is 0. The molecule has 0 N–H and O–H groups in total. The van der Waals surface area contributed by atoms with Crippen LogP contribution in [0, 0.1) is 18.3 Å². The van der Waals surface area contributed by atoms with E-state index in [-0.39, 0.29) is 0 Å². The summed E-state index contributed by atoms with van der Waals surface area (Å²) < 4.78 is 11.2. The van der Waals surface area contributed by atoms with E-state index < -0.39 is 0 Å². The lowest BCUT2D eigenvalue weighted by molar-refractivity contribution is 0.338. The molecule has 19 heavy (non-hydrogen) atoms. The monoisotopic (exact) mass is 253 g/mol. The van der Waals surface area contributed by atoms with Crippen molar-refractivity contribution >= 4 is 0 Å². The van der Waals surface area contributed by atoms with Gasteiger partial charge in [0.25, 0.3) is 0 Å². The average molecular weight is 253 g/mol. The van der Waals surface area contributed by atoms with Crippen LogP contribution in [-0.4, -0.2) is 6.61 Å². The van der Waals surface area contributed by atoms with Crippen LogP contribution in [0.15, 0.2) is 42.5 Å². The van der Waals surface area contributed by atoms with Crippen LogP contribution in [-0.2, 0) is 0 Å². The molecule has 0 aliphatic heterocycles. The van der Waals surface area contributed by atoms with Crippen molar-refractivity contribution in [1.29, 1.82) is 5.26 Å². The number of benzene rings is 2. The summed E-state index contributed by atoms with van der Waals surface area (Å²) in [5.41, 5.74) is 1.57. The van der Waals surface area contributed by atoms with E-state index in [2.05, 4.69) is 6.07 Å². The van der Waals surface area contributed by atoms with Gasteiger partial charge in [-0.25, -0.2) is 0 Å². The molecule has 0 bridgehead atoms. The Bertz CT molecular complexity index is 614. The minimum Gasteiger partial charge on any atom is -0.494 e. The van der Waals surface area contributed by atoms with Gasteiger partial charge in [0.05, 0.1) is 12.2 Å². The van der Waals surface area contributed by atoms with Crippen LogP contribution >= 0.6 is 0 Å². The first-order valence-corrected chi connectivity index (χ1v) is 6.14. The quantitative estimate of drug-likeness (QED) is 0.825. The lowest BCUT2D eigenvalue weighted by Gasteiger charge is -2.10. The van der Waals surface area contributed by atoms with Crippen molar-refractivity contribution in [3.8, 4) is 23.3 Å². The first-order valence-electron chi connectivity index (χ1n) is 6.14. The van der Waals surface area contributed by atoms with Gasteiger partial charge < -0.3 is 9.47 Å². The summed E-state index contributed by atoms with van der Waals surface area (Å²) in [5, 5.41) is 9.07. The predicted octanol–water partition coefficient (Wildman–Crippen LogP) is 4.06. The van der Waals surface area contributed by atoms with Crippen molar-refractivity contribution in [3.05, 3.63) is 53.6 Å². The van der Waals surface area contributed by atoms with E-state index in [1.54, 1.807) is 6.07 Å². The molecule has 96 valence electrons.